The van der Waals surface area contributed by atoms with Gasteiger partial charge in [-0.15, -0.1) is 0 Å². The Morgan fingerprint density at radius 3 is 2.60 bits per heavy atom. The molecule has 138 valence electrons. The monoisotopic (exact) mass is 355 g/mol. The summed E-state index contributed by atoms with van der Waals surface area (Å²) in [5.41, 5.74) is -1.32. The smallest absolute Gasteiger partial charge is 0.407 e. The maximum Gasteiger partial charge on any atom is 0.407 e. The van der Waals surface area contributed by atoms with Crippen molar-refractivity contribution in [3.05, 3.63) is 28.1 Å². The molecule has 0 bridgehead atoms. The predicted molar refractivity (Wildman–Crippen MR) is 86.8 cm³/mol. The van der Waals surface area contributed by atoms with E-state index in [-0.39, 0.29) is 18.1 Å². The van der Waals surface area contributed by atoms with E-state index in [4.69, 9.17) is 14.6 Å². The maximum absolute atomic E-state index is 11.4. The van der Waals surface area contributed by atoms with Crippen molar-refractivity contribution in [3.63, 3.8) is 0 Å². The van der Waals surface area contributed by atoms with Crippen LogP contribution in [0.1, 0.15) is 44.1 Å². The normalized spacial score (nSPS) is 10.8. The molecule has 0 spiro atoms. The SMILES string of the molecule is CC(C)(C)OC(=O)NCCCCOc1cc(C(=O)O)ncc1[N+](=O)[O-]. The average molecular weight is 355 g/mol. The molecule has 0 aromatic carbocycles. The number of alkyl carbamates (subject to hydrolysis) is 1. The highest BCUT2D eigenvalue weighted by atomic mass is 16.6. The topological polar surface area (TPSA) is 141 Å². The van der Waals surface area contributed by atoms with Gasteiger partial charge in [0.05, 0.1) is 11.5 Å². The number of rotatable bonds is 8. The number of ether oxygens (including phenoxy) is 2. The van der Waals surface area contributed by atoms with Gasteiger partial charge in [-0.2, -0.15) is 0 Å². The summed E-state index contributed by atoms with van der Waals surface area (Å²) in [6.45, 7) is 5.76. The second-order valence-electron chi connectivity index (χ2n) is 6.08. The number of pyridine rings is 1. The molecule has 0 saturated heterocycles. The first-order chi connectivity index (χ1) is 11.6. The van der Waals surface area contributed by atoms with E-state index < -0.39 is 28.3 Å². The number of hydrogen-bond acceptors (Lipinski definition) is 7. The summed E-state index contributed by atoms with van der Waals surface area (Å²) in [5.74, 6) is -1.46. The summed E-state index contributed by atoms with van der Waals surface area (Å²) in [4.78, 5) is 36.0. The highest BCUT2D eigenvalue weighted by Gasteiger charge is 2.19. The van der Waals surface area contributed by atoms with Gasteiger partial charge in [-0.05, 0) is 33.6 Å². The molecule has 1 aromatic heterocycles. The number of carbonyl (C=O) groups excluding carboxylic acids is 1. The summed E-state index contributed by atoms with van der Waals surface area (Å²) in [7, 11) is 0. The van der Waals surface area contributed by atoms with E-state index in [0.717, 1.165) is 12.3 Å². The Hall–Kier alpha value is -2.91. The van der Waals surface area contributed by atoms with Crippen LogP contribution in [0.4, 0.5) is 10.5 Å². The van der Waals surface area contributed by atoms with Crippen molar-refractivity contribution < 1.29 is 29.1 Å². The van der Waals surface area contributed by atoms with Crippen molar-refractivity contribution in [2.45, 2.75) is 39.2 Å². The highest BCUT2D eigenvalue weighted by molar-refractivity contribution is 5.86. The van der Waals surface area contributed by atoms with Crippen LogP contribution in [0.5, 0.6) is 5.75 Å². The van der Waals surface area contributed by atoms with Gasteiger partial charge in [-0.1, -0.05) is 0 Å². The van der Waals surface area contributed by atoms with Crippen LogP contribution in [0.3, 0.4) is 0 Å². The number of nitrogens with zero attached hydrogens (tertiary/aromatic N) is 2. The lowest BCUT2D eigenvalue weighted by molar-refractivity contribution is -0.386. The number of amides is 1. The quantitative estimate of drug-likeness (QED) is 0.411. The summed E-state index contributed by atoms with van der Waals surface area (Å²) in [5, 5.41) is 22.4. The molecule has 0 radical (unpaired) electrons. The van der Waals surface area contributed by atoms with E-state index in [9.17, 15) is 19.7 Å². The van der Waals surface area contributed by atoms with Crippen molar-refractivity contribution in [1.82, 2.24) is 10.3 Å². The molecular weight excluding hydrogens is 334 g/mol. The number of carboxylic acids is 1. The van der Waals surface area contributed by atoms with E-state index in [0.29, 0.717) is 19.4 Å². The predicted octanol–water partition coefficient (Wildman–Crippen LogP) is 2.37. The van der Waals surface area contributed by atoms with Crippen LogP contribution in [0.25, 0.3) is 0 Å². The standard InChI is InChI=1S/C15H21N3O7/c1-15(2,3)25-14(21)16-6-4-5-7-24-12-8-10(13(19)20)17-9-11(12)18(22)23/h8-9H,4-7H2,1-3H3,(H,16,21)(H,19,20). The van der Waals surface area contributed by atoms with E-state index in [1.54, 1.807) is 20.8 Å². The minimum Gasteiger partial charge on any atom is -0.487 e. The summed E-state index contributed by atoms with van der Waals surface area (Å²) >= 11 is 0. The third kappa shape index (κ3) is 7.46. The number of nitrogens with one attached hydrogen (secondary N) is 1. The first kappa shape index (κ1) is 20.1. The highest BCUT2D eigenvalue weighted by Crippen LogP contribution is 2.26. The molecule has 1 aromatic rings. The Balaban J connectivity index is 2.43. The molecule has 1 heterocycles. The third-order valence-electron chi connectivity index (χ3n) is 2.76. The fourth-order valence-electron chi connectivity index (χ4n) is 1.71. The van der Waals surface area contributed by atoms with Crippen molar-refractivity contribution in [3.8, 4) is 5.75 Å². The van der Waals surface area contributed by atoms with Crippen LogP contribution in [0.15, 0.2) is 12.3 Å². The largest absolute Gasteiger partial charge is 0.487 e. The van der Waals surface area contributed by atoms with E-state index in [2.05, 4.69) is 10.3 Å². The molecule has 0 saturated carbocycles. The van der Waals surface area contributed by atoms with Gasteiger partial charge in [-0.3, -0.25) is 10.1 Å². The van der Waals surface area contributed by atoms with Gasteiger partial charge in [0, 0.05) is 12.6 Å². The Bertz CT molecular complexity index is 641. The van der Waals surface area contributed by atoms with Crippen LogP contribution < -0.4 is 10.1 Å². The van der Waals surface area contributed by atoms with E-state index in [1.807, 2.05) is 0 Å². The van der Waals surface area contributed by atoms with Gasteiger partial charge in [0.1, 0.15) is 11.8 Å². The number of aromatic nitrogens is 1. The Morgan fingerprint density at radius 1 is 1.36 bits per heavy atom. The number of nitro groups is 1. The van der Waals surface area contributed by atoms with Gasteiger partial charge in [0.25, 0.3) is 0 Å². The van der Waals surface area contributed by atoms with Crippen LogP contribution in [-0.4, -0.2) is 45.8 Å². The minimum absolute atomic E-state index is 0.125. The molecule has 2 N–H and O–H groups in total. The zero-order valence-corrected chi connectivity index (χ0v) is 14.3. The zero-order valence-electron chi connectivity index (χ0n) is 14.3. The summed E-state index contributed by atoms with van der Waals surface area (Å²) in [6, 6.07) is 1.01. The number of carboxylic acid groups (broad SMARTS) is 1. The third-order valence-corrected chi connectivity index (χ3v) is 2.76. The lowest BCUT2D eigenvalue weighted by Gasteiger charge is -2.19. The molecule has 0 aliphatic heterocycles. The van der Waals surface area contributed by atoms with Gasteiger partial charge in [0.2, 0.25) is 5.75 Å². The Kier molecular flexibility index (Phi) is 7.09. The molecular formula is C15H21N3O7. The molecule has 1 rings (SSSR count). The van der Waals surface area contributed by atoms with Crippen LogP contribution in [0.2, 0.25) is 0 Å². The second kappa shape index (κ2) is 8.81. The number of hydrogen-bond donors (Lipinski definition) is 2. The molecule has 1 amide bonds. The van der Waals surface area contributed by atoms with Crippen molar-refractivity contribution in [2.24, 2.45) is 0 Å². The van der Waals surface area contributed by atoms with E-state index >= 15 is 0 Å². The molecule has 10 nitrogen and oxygen atoms in total. The second-order valence-corrected chi connectivity index (χ2v) is 6.08. The summed E-state index contributed by atoms with van der Waals surface area (Å²) in [6.07, 6.45) is 1.38. The maximum atomic E-state index is 11.4. The zero-order chi connectivity index (χ0) is 19.0. The fourth-order valence-corrected chi connectivity index (χ4v) is 1.71. The van der Waals surface area contributed by atoms with Gasteiger partial charge >= 0.3 is 17.7 Å². The summed E-state index contributed by atoms with van der Waals surface area (Å²) < 4.78 is 10.4. The molecule has 0 atom stereocenters. The molecule has 0 aliphatic carbocycles. The van der Waals surface area contributed by atoms with Gasteiger partial charge in [0.15, 0.2) is 5.69 Å². The van der Waals surface area contributed by atoms with Crippen LogP contribution in [-0.2, 0) is 4.74 Å². The average Bonchev–Trinajstić information content (AvgIpc) is 2.48. The Morgan fingerprint density at radius 2 is 2.04 bits per heavy atom. The van der Waals surface area contributed by atoms with Crippen molar-refractivity contribution in [2.75, 3.05) is 13.2 Å². The lowest BCUT2D eigenvalue weighted by Crippen LogP contribution is -2.33. The van der Waals surface area contributed by atoms with Gasteiger partial charge < -0.3 is 19.9 Å². The molecule has 10 heteroatoms. The molecule has 0 aliphatic rings. The number of aromatic carboxylic acids is 1. The Labute approximate surface area is 144 Å². The van der Waals surface area contributed by atoms with Crippen molar-refractivity contribution in [1.29, 1.82) is 0 Å². The molecule has 0 unspecified atom stereocenters. The number of unbranched alkanes of at least 4 members (excludes halogenated alkanes) is 1. The van der Waals surface area contributed by atoms with E-state index in [1.165, 1.54) is 0 Å². The number of carbonyl (C=O) groups is 2. The van der Waals surface area contributed by atoms with Crippen LogP contribution >= 0.6 is 0 Å². The molecule has 25 heavy (non-hydrogen) atoms. The minimum atomic E-state index is -1.30. The van der Waals surface area contributed by atoms with Gasteiger partial charge in [-0.25, -0.2) is 14.6 Å². The fraction of sp³-hybridized carbons (Fsp3) is 0.533. The first-order valence-corrected chi connectivity index (χ1v) is 7.57. The first-order valence-electron chi connectivity index (χ1n) is 7.57. The molecule has 0 fully saturated rings. The van der Waals surface area contributed by atoms with Crippen molar-refractivity contribution >= 4 is 17.7 Å². The lowest BCUT2D eigenvalue weighted by atomic mass is 10.2. The van der Waals surface area contributed by atoms with Crippen LogP contribution in [0, 0.1) is 10.1 Å².